The van der Waals surface area contributed by atoms with E-state index in [1.165, 1.54) is 0 Å². The summed E-state index contributed by atoms with van der Waals surface area (Å²) in [5.74, 6) is 0.570. The highest BCUT2D eigenvalue weighted by atomic mass is 16.1. The van der Waals surface area contributed by atoms with Crippen molar-refractivity contribution < 1.29 is 4.79 Å². The first-order valence-electron chi connectivity index (χ1n) is 7.03. The summed E-state index contributed by atoms with van der Waals surface area (Å²) in [6, 6.07) is 3.54. The van der Waals surface area contributed by atoms with Gasteiger partial charge in [0.2, 0.25) is 0 Å². The van der Waals surface area contributed by atoms with Gasteiger partial charge in [-0.05, 0) is 32.4 Å². The van der Waals surface area contributed by atoms with Crippen molar-refractivity contribution in [2.75, 3.05) is 17.2 Å². The van der Waals surface area contributed by atoms with E-state index in [2.05, 4.69) is 27.6 Å². The smallest absolute Gasteiger partial charge is 0.255 e. The van der Waals surface area contributed by atoms with E-state index in [4.69, 9.17) is 0 Å². The van der Waals surface area contributed by atoms with E-state index in [0.717, 1.165) is 35.9 Å². The number of pyridine rings is 1. The van der Waals surface area contributed by atoms with Crippen molar-refractivity contribution in [3.8, 4) is 0 Å². The molecule has 0 aliphatic rings. The Morgan fingerprint density at radius 1 is 1.33 bits per heavy atom. The third-order valence-electron chi connectivity index (χ3n) is 3.03. The van der Waals surface area contributed by atoms with Crippen LogP contribution in [-0.4, -0.2) is 27.2 Å². The van der Waals surface area contributed by atoms with Crippen molar-refractivity contribution in [1.29, 1.82) is 0 Å². The van der Waals surface area contributed by atoms with Crippen LogP contribution in [0.2, 0.25) is 0 Å². The molecule has 2 N–H and O–H groups in total. The van der Waals surface area contributed by atoms with E-state index in [-0.39, 0.29) is 5.91 Å². The normalized spacial score (nSPS) is 10.5. The Morgan fingerprint density at radius 3 is 2.71 bits per heavy atom. The molecule has 0 atom stereocenters. The van der Waals surface area contributed by atoms with Crippen molar-refractivity contribution in [1.82, 2.24) is 14.8 Å². The van der Waals surface area contributed by atoms with Crippen LogP contribution in [0.3, 0.4) is 0 Å². The van der Waals surface area contributed by atoms with Gasteiger partial charge >= 0.3 is 0 Å². The second kappa shape index (κ2) is 6.39. The quantitative estimate of drug-likeness (QED) is 0.886. The molecule has 0 saturated carbocycles. The number of aromatic nitrogens is 3. The molecule has 0 saturated heterocycles. The van der Waals surface area contributed by atoms with E-state index >= 15 is 0 Å². The van der Waals surface area contributed by atoms with Crippen LogP contribution in [0.1, 0.15) is 35.1 Å². The highest BCUT2D eigenvalue weighted by molar-refractivity contribution is 6.05. The molecule has 0 radical (unpaired) electrons. The molecular formula is C15H21N5O. The second-order valence-electron chi connectivity index (χ2n) is 5.07. The van der Waals surface area contributed by atoms with Crippen LogP contribution >= 0.6 is 0 Å². The number of rotatable bonds is 5. The molecule has 6 heteroatoms. The molecule has 0 spiro atoms. The van der Waals surface area contributed by atoms with Crippen LogP contribution in [0.5, 0.6) is 0 Å². The number of aryl methyl sites for hydroxylation is 3. The van der Waals surface area contributed by atoms with E-state index in [9.17, 15) is 4.79 Å². The molecule has 2 aromatic heterocycles. The van der Waals surface area contributed by atoms with Gasteiger partial charge in [0.05, 0.1) is 11.4 Å². The average Bonchev–Trinajstić information content (AvgIpc) is 2.74. The fourth-order valence-corrected chi connectivity index (χ4v) is 2.06. The Kier molecular flexibility index (Phi) is 4.57. The lowest BCUT2D eigenvalue weighted by Gasteiger charge is -2.09. The van der Waals surface area contributed by atoms with Gasteiger partial charge in [0.25, 0.3) is 5.91 Å². The summed E-state index contributed by atoms with van der Waals surface area (Å²) in [5.41, 5.74) is 2.91. The van der Waals surface area contributed by atoms with Crippen molar-refractivity contribution in [2.45, 2.75) is 27.2 Å². The van der Waals surface area contributed by atoms with Gasteiger partial charge in [-0.15, -0.1) is 0 Å². The predicted molar refractivity (Wildman–Crippen MR) is 83.7 cm³/mol. The Bertz CT molecular complexity index is 648. The number of hydrogen-bond acceptors (Lipinski definition) is 4. The molecule has 0 aromatic carbocycles. The van der Waals surface area contributed by atoms with Gasteiger partial charge in [0.15, 0.2) is 0 Å². The maximum atomic E-state index is 12.4. The summed E-state index contributed by atoms with van der Waals surface area (Å²) in [7, 11) is 1.83. The number of carbonyl (C=O) groups is 1. The lowest BCUT2D eigenvalue weighted by molar-refractivity contribution is 0.102. The van der Waals surface area contributed by atoms with Crippen LogP contribution in [-0.2, 0) is 7.05 Å². The minimum atomic E-state index is -0.156. The summed E-state index contributed by atoms with van der Waals surface area (Å²) in [4.78, 5) is 16.7. The zero-order valence-corrected chi connectivity index (χ0v) is 12.9. The SMILES string of the molecule is CCCNc1cc(C(=O)Nc2cn(C)nc2C)cc(C)n1. The van der Waals surface area contributed by atoms with E-state index in [0.29, 0.717) is 5.56 Å². The molecule has 2 aromatic rings. The second-order valence-corrected chi connectivity index (χ2v) is 5.07. The van der Waals surface area contributed by atoms with Gasteiger partial charge in [-0.25, -0.2) is 4.98 Å². The first-order chi connectivity index (χ1) is 9.99. The van der Waals surface area contributed by atoms with Gasteiger partial charge in [-0.3, -0.25) is 9.48 Å². The molecule has 0 bridgehead atoms. The molecule has 21 heavy (non-hydrogen) atoms. The number of carbonyl (C=O) groups excluding carboxylic acids is 1. The molecule has 2 rings (SSSR count). The molecular weight excluding hydrogens is 266 g/mol. The van der Waals surface area contributed by atoms with Crippen molar-refractivity contribution in [2.24, 2.45) is 7.05 Å². The Labute approximate surface area is 124 Å². The molecule has 2 heterocycles. The lowest BCUT2D eigenvalue weighted by Crippen LogP contribution is -2.14. The summed E-state index contributed by atoms with van der Waals surface area (Å²) in [6.07, 6.45) is 2.80. The fourth-order valence-electron chi connectivity index (χ4n) is 2.06. The summed E-state index contributed by atoms with van der Waals surface area (Å²) < 4.78 is 1.68. The number of amides is 1. The number of hydrogen-bond donors (Lipinski definition) is 2. The highest BCUT2D eigenvalue weighted by Gasteiger charge is 2.12. The van der Waals surface area contributed by atoms with Gasteiger partial charge in [0, 0.05) is 31.0 Å². The number of nitrogens with one attached hydrogen (secondary N) is 2. The molecule has 0 unspecified atom stereocenters. The number of anilines is 2. The molecule has 0 fully saturated rings. The van der Waals surface area contributed by atoms with Crippen LogP contribution < -0.4 is 10.6 Å². The van der Waals surface area contributed by atoms with Crippen molar-refractivity contribution in [3.63, 3.8) is 0 Å². The predicted octanol–water partition coefficient (Wildman–Crippen LogP) is 2.51. The van der Waals surface area contributed by atoms with Crippen LogP contribution in [0.15, 0.2) is 18.3 Å². The third-order valence-corrected chi connectivity index (χ3v) is 3.03. The largest absolute Gasteiger partial charge is 0.370 e. The third kappa shape index (κ3) is 3.81. The van der Waals surface area contributed by atoms with Crippen LogP contribution in [0.4, 0.5) is 11.5 Å². The average molecular weight is 287 g/mol. The van der Waals surface area contributed by atoms with Crippen molar-refractivity contribution in [3.05, 3.63) is 35.3 Å². The summed E-state index contributed by atoms with van der Waals surface area (Å²) in [5, 5.41) is 10.3. The highest BCUT2D eigenvalue weighted by Crippen LogP contribution is 2.15. The zero-order valence-electron chi connectivity index (χ0n) is 12.9. The molecule has 6 nitrogen and oxygen atoms in total. The molecule has 1 amide bonds. The van der Waals surface area contributed by atoms with E-state index in [1.807, 2.05) is 20.9 Å². The minimum absolute atomic E-state index is 0.156. The molecule has 0 aliphatic carbocycles. The molecule has 0 aliphatic heterocycles. The fraction of sp³-hybridized carbons (Fsp3) is 0.400. The topological polar surface area (TPSA) is 71.8 Å². The maximum absolute atomic E-state index is 12.4. The minimum Gasteiger partial charge on any atom is -0.370 e. The first kappa shape index (κ1) is 15.0. The van der Waals surface area contributed by atoms with Gasteiger partial charge in [-0.2, -0.15) is 5.10 Å². The van der Waals surface area contributed by atoms with Gasteiger partial charge in [0.1, 0.15) is 5.82 Å². The number of nitrogens with zero attached hydrogens (tertiary/aromatic N) is 3. The monoisotopic (exact) mass is 287 g/mol. The van der Waals surface area contributed by atoms with E-state index < -0.39 is 0 Å². The van der Waals surface area contributed by atoms with Crippen LogP contribution in [0.25, 0.3) is 0 Å². The Balaban J connectivity index is 2.18. The van der Waals surface area contributed by atoms with E-state index in [1.54, 1.807) is 23.0 Å². The van der Waals surface area contributed by atoms with Crippen molar-refractivity contribution >= 4 is 17.4 Å². The maximum Gasteiger partial charge on any atom is 0.255 e. The zero-order chi connectivity index (χ0) is 15.4. The lowest BCUT2D eigenvalue weighted by atomic mass is 10.2. The van der Waals surface area contributed by atoms with Gasteiger partial charge < -0.3 is 10.6 Å². The summed E-state index contributed by atoms with van der Waals surface area (Å²) >= 11 is 0. The van der Waals surface area contributed by atoms with Gasteiger partial charge in [-0.1, -0.05) is 6.92 Å². The summed E-state index contributed by atoms with van der Waals surface area (Å²) in [6.45, 7) is 6.66. The first-order valence-corrected chi connectivity index (χ1v) is 7.03. The Hall–Kier alpha value is -2.37. The Morgan fingerprint density at radius 2 is 2.10 bits per heavy atom. The molecule has 112 valence electrons. The standard InChI is InChI=1S/C15H21N5O/c1-5-6-16-14-8-12(7-10(2)17-14)15(21)18-13-9-20(4)19-11(13)3/h7-9H,5-6H2,1-4H3,(H,16,17)(H,18,21). The van der Waals surface area contributed by atoms with Crippen LogP contribution in [0, 0.1) is 13.8 Å².